The number of thiazole rings is 1. The summed E-state index contributed by atoms with van der Waals surface area (Å²) in [6.45, 7) is 1.97. The van der Waals surface area contributed by atoms with Crippen molar-refractivity contribution in [2.45, 2.75) is 19.3 Å². The molecule has 1 aliphatic heterocycles. The molecule has 1 saturated heterocycles. The highest BCUT2D eigenvalue weighted by molar-refractivity contribution is 7.15. The van der Waals surface area contributed by atoms with Crippen LogP contribution in [-0.2, 0) is 0 Å². The SMILES string of the molecule is O=c1cc(N2CCCCC2)nc2scc(-c3ccc(Cl)cc3)n12. The number of fused-ring (bicyclic) bond motifs is 1. The van der Waals surface area contributed by atoms with Crippen molar-refractivity contribution in [3.05, 3.63) is 51.1 Å². The average Bonchev–Trinajstić information content (AvgIpc) is 3.01. The Bertz CT molecular complexity index is 894. The lowest BCUT2D eigenvalue weighted by molar-refractivity contribution is 0.573. The van der Waals surface area contributed by atoms with Crippen LogP contribution < -0.4 is 10.5 Å². The smallest absolute Gasteiger partial charge is 0.261 e. The fourth-order valence-corrected chi connectivity index (χ4v) is 4.04. The van der Waals surface area contributed by atoms with Crippen molar-refractivity contribution in [1.29, 1.82) is 0 Å². The maximum atomic E-state index is 12.6. The molecule has 0 amide bonds. The molecule has 3 aromatic rings. The van der Waals surface area contributed by atoms with Gasteiger partial charge in [-0.3, -0.25) is 9.20 Å². The summed E-state index contributed by atoms with van der Waals surface area (Å²) in [6, 6.07) is 9.18. The highest BCUT2D eigenvalue weighted by Gasteiger charge is 2.16. The van der Waals surface area contributed by atoms with Crippen molar-refractivity contribution in [3.8, 4) is 11.3 Å². The van der Waals surface area contributed by atoms with E-state index in [1.807, 2.05) is 29.6 Å². The van der Waals surface area contributed by atoms with Crippen LogP contribution in [0.15, 0.2) is 40.5 Å². The van der Waals surface area contributed by atoms with Crippen molar-refractivity contribution in [2.24, 2.45) is 0 Å². The average molecular weight is 346 g/mol. The van der Waals surface area contributed by atoms with E-state index in [9.17, 15) is 4.79 Å². The van der Waals surface area contributed by atoms with Crippen LogP contribution in [-0.4, -0.2) is 22.5 Å². The standard InChI is InChI=1S/C17H16ClN3OS/c18-13-6-4-12(5-7-13)14-11-23-17-19-15(10-16(22)21(14)17)20-8-2-1-3-9-20/h4-7,10-11H,1-3,8-9H2. The van der Waals surface area contributed by atoms with E-state index in [0.29, 0.717) is 5.02 Å². The number of hydrogen-bond donors (Lipinski definition) is 0. The lowest BCUT2D eigenvalue weighted by Crippen LogP contribution is -2.31. The van der Waals surface area contributed by atoms with Crippen LogP contribution >= 0.6 is 22.9 Å². The molecule has 0 unspecified atom stereocenters. The zero-order chi connectivity index (χ0) is 15.8. The molecule has 0 N–H and O–H groups in total. The second kappa shape index (κ2) is 5.98. The van der Waals surface area contributed by atoms with Crippen LogP contribution in [0.2, 0.25) is 5.02 Å². The number of benzene rings is 1. The second-order valence-electron chi connectivity index (χ2n) is 5.75. The normalized spacial score (nSPS) is 15.3. The molecule has 0 atom stereocenters. The van der Waals surface area contributed by atoms with Gasteiger partial charge in [0.05, 0.1) is 5.69 Å². The van der Waals surface area contributed by atoms with Crippen molar-refractivity contribution in [1.82, 2.24) is 9.38 Å². The summed E-state index contributed by atoms with van der Waals surface area (Å²) in [5.41, 5.74) is 1.81. The van der Waals surface area contributed by atoms with Gasteiger partial charge in [-0.2, -0.15) is 0 Å². The summed E-state index contributed by atoms with van der Waals surface area (Å²) < 4.78 is 1.68. The van der Waals surface area contributed by atoms with E-state index in [2.05, 4.69) is 4.90 Å². The largest absolute Gasteiger partial charge is 0.356 e. The molecule has 2 aromatic heterocycles. The Hall–Kier alpha value is -1.85. The number of aromatic nitrogens is 2. The Morgan fingerprint density at radius 2 is 1.83 bits per heavy atom. The summed E-state index contributed by atoms with van der Waals surface area (Å²) >= 11 is 7.44. The Morgan fingerprint density at radius 3 is 2.57 bits per heavy atom. The van der Waals surface area contributed by atoms with Crippen LogP contribution in [0.3, 0.4) is 0 Å². The first kappa shape index (κ1) is 14.7. The molecule has 1 aliphatic rings. The van der Waals surface area contributed by atoms with Gasteiger partial charge in [-0.1, -0.05) is 23.7 Å². The lowest BCUT2D eigenvalue weighted by Gasteiger charge is -2.27. The highest BCUT2D eigenvalue weighted by Crippen LogP contribution is 2.26. The van der Waals surface area contributed by atoms with Gasteiger partial charge in [0.2, 0.25) is 0 Å². The van der Waals surface area contributed by atoms with E-state index < -0.39 is 0 Å². The topological polar surface area (TPSA) is 37.6 Å². The molecular formula is C17H16ClN3OS. The number of piperidine rings is 1. The zero-order valence-electron chi connectivity index (χ0n) is 12.5. The molecule has 6 heteroatoms. The molecule has 4 rings (SSSR count). The van der Waals surface area contributed by atoms with E-state index in [1.54, 1.807) is 10.5 Å². The van der Waals surface area contributed by atoms with Gasteiger partial charge in [0.25, 0.3) is 5.56 Å². The molecular weight excluding hydrogens is 330 g/mol. The van der Waals surface area contributed by atoms with Crippen LogP contribution in [0.4, 0.5) is 5.82 Å². The van der Waals surface area contributed by atoms with Gasteiger partial charge < -0.3 is 4.90 Å². The van der Waals surface area contributed by atoms with E-state index >= 15 is 0 Å². The predicted octanol–water partition coefficient (Wildman–Crippen LogP) is 4.07. The summed E-state index contributed by atoms with van der Waals surface area (Å²) in [5, 5.41) is 2.67. The number of anilines is 1. The van der Waals surface area contributed by atoms with Crippen LogP contribution in [0.1, 0.15) is 19.3 Å². The van der Waals surface area contributed by atoms with Gasteiger partial charge in [0, 0.05) is 29.6 Å². The quantitative estimate of drug-likeness (QED) is 0.702. The maximum absolute atomic E-state index is 12.6. The van der Waals surface area contributed by atoms with Gasteiger partial charge in [-0.25, -0.2) is 4.98 Å². The van der Waals surface area contributed by atoms with Gasteiger partial charge in [-0.05, 0) is 37.0 Å². The molecule has 0 radical (unpaired) electrons. The van der Waals surface area contributed by atoms with E-state index in [-0.39, 0.29) is 5.56 Å². The van der Waals surface area contributed by atoms with Gasteiger partial charge in [0.15, 0.2) is 4.96 Å². The molecule has 4 nitrogen and oxygen atoms in total. The van der Waals surface area contributed by atoms with Crippen molar-refractivity contribution >= 4 is 33.7 Å². The highest BCUT2D eigenvalue weighted by atomic mass is 35.5. The third kappa shape index (κ3) is 2.75. The number of nitrogens with zero attached hydrogens (tertiary/aromatic N) is 3. The third-order valence-electron chi connectivity index (χ3n) is 4.21. The molecule has 23 heavy (non-hydrogen) atoms. The molecule has 0 bridgehead atoms. The van der Waals surface area contributed by atoms with Crippen molar-refractivity contribution in [3.63, 3.8) is 0 Å². The van der Waals surface area contributed by atoms with E-state index in [0.717, 1.165) is 35.1 Å². The Labute approximate surface area is 143 Å². The monoisotopic (exact) mass is 345 g/mol. The Kier molecular flexibility index (Phi) is 3.83. The second-order valence-corrected chi connectivity index (χ2v) is 7.02. The van der Waals surface area contributed by atoms with Crippen LogP contribution in [0, 0.1) is 0 Å². The Morgan fingerprint density at radius 1 is 1.09 bits per heavy atom. The molecule has 118 valence electrons. The Balaban J connectivity index is 1.80. The first-order valence-electron chi connectivity index (χ1n) is 7.74. The molecule has 0 spiro atoms. The minimum atomic E-state index is -0.0261. The fourth-order valence-electron chi connectivity index (χ4n) is 3.01. The van der Waals surface area contributed by atoms with E-state index in [1.165, 1.54) is 30.6 Å². The van der Waals surface area contributed by atoms with Crippen LogP contribution in [0.25, 0.3) is 16.2 Å². The van der Waals surface area contributed by atoms with Gasteiger partial charge in [0.1, 0.15) is 5.82 Å². The molecule has 3 heterocycles. The van der Waals surface area contributed by atoms with Crippen molar-refractivity contribution < 1.29 is 0 Å². The van der Waals surface area contributed by atoms with Crippen molar-refractivity contribution in [2.75, 3.05) is 18.0 Å². The van der Waals surface area contributed by atoms with E-state index in [4.69, 9.17) is 16.6 Å². The lowest BCUT2D eigenvalue weighted by atomic mass is 10.1. The van der Waals surface area contributed by atoms with Crippen LogP contribution in [0.5, 0.6) is 0 Å². The zero-order valence-corrected chi connectivity index (χ0v) is 14.1. The fraction of sp³-hybridized carbons (Fsp3) is 0.294. The number of hydrogen-bond acceptors (Lipinski definition) is 4. The minimum Gasteiger partial charge on any atom is -0.356 e. The molecule has 0 saturated carbocycles. The summed E-state index contributed by atoms with van der Waals surface area (Å²) in [5.74, 6) is 0.805. The first-order chi connectivity index (χ1) is 11.2. The van der Waals surface area contributed by atoms with Gasteiger partial charge in [-0.15, -0.1) is 11.3 Å². The predicted molar refractivity (Wildman–Crippen MR) is 95.8 cm³/mol. The first-order valence-corrected chi connectivity index (χ1v) is 9.00. The van der Waals surface area contributed by atoms with Gasteiger partial charge >= 0.3 is 0 Å². The maximum Gasteiger partial charge on any atom is 0.261 e. The molecule has 1 fully saturated rings. The summed E-state index contributed by atoms with van der Waals surface area (Å²) in [6.07, 6.45) is 3.60. The summed E-state index contributed by atoms with van der Waals surface area (Å²) in [7, 11) is 0. The molecule has 1 aromatic carbocycles. The minimum absolute atomic E-state index is 0.0261. The number of rotatable bonds is 2. The summed E-state index contributed by atoms with van der Waals surface area (Å²) in [4.78, 5) is 20.3. The molecule has 0 aliphatic carbocycles. The number of halogens is 1. The third-order valence-corrected chi connectivity index (χ3v) is 5.29.